The third-order valence-electron chi connectivity index (χ3n) is 3.30. The lowest BCUT2D eigenvalue weighted by Gasteiger charge is -2.20. The van der Waals surface area contributed by atoms with Gasteiger partial charge in [-0.15, -0.1) is 0 Å². The summed E-state index contributed by atoms with van der Waals surface area (Å²) in [5.74, 6) is 0.980. The first-order valence-corrected chi connectivity index (χ1v) is 6.10. The van der Waals surface area contributed by atoms with Gasteiger partial charge in [0.25, 0.3) is 0 Å². The zero-order chi connectivity index (χ0) is 11.7. The number of fused-ring (bicyclic) bond motifs is 1. The van der Waals surface area contributed by atoms with Gasteiger partial charge in [-0.2, -0.15) is 5.10 Å². The maximum atomic E-state index is 4.39. The molecule has 1 N–H and O–H groups in total. The first-order chi connectivity index (χ1) is 8.40. The van der Waals surface area contributed by atoms with Gasteiger partial charge in [-0.25, -0.2) is 9.67 Å². The summed E-state index contributed by atoms with van der Waals surface area (Å²) in [5, 5.41) is 7.67. The average Bonchev–Trinajstić information content (AvgIpc) is 2.86. The van der Waals surface area contributed by atoms with Crippen molar-refractivity contribution >= 4 is 0 Å². The molecule has 0 atom stereocenters. The van der Waals surface area contributed by atoms with Crippen molar-refractivity contribution in [3.63, 3.8) is 0 Å². The van der Waals surface area contributed by atoms with Crippen LogP contribution >= 0.6 is 0 Å². The fourth-order valence-electron chi connectivity index (χ4n) is 2.43. The van der Waals surface area contributed by atoms with Crippen LogP contribution in [0.2, 0.25) is 0 Å². The van der Waals surface area contributed by atoms with Crippen LogP contribution in [-0.2, 0) is 19.5 Å². The van der Waals surface area contributed by atoms with E-state index >= 15 is 0 Å². The zero-order valence-corrected chi connectivity index (χ0v) is 9.98. The quantitative estimate of drug-likeness (QED) is 0.849. The summed E-state index contributed by atoms with van der Waals surface area (Å²) in [6, 6.07) is 6.47. The van der Waals surface area contributed by atoms with Gasteiger partial charge in [0.15, 0.2) is 5.82 Å². The Bertz CT molecular complexity index is 530. The Morgan fingerprint density at radius 3 is 3.24 bits per heavy atom. The van der Waals surface area contributed by atoms with Crippen molar-refractivity contribution < 1.29 is 0 Å². The molecule has 3 rings (SSSR count). The Balaban J connectivity index is 2.14. The molecule has 0 aliphatic carbocycles. The SMILES string of the molecule is CCn1ncnc1-c1cccc2c1CNCC2. The Kier molecular flexibility index (Phi) is 2.65. The number of aromatic nitrogens is 3. The lowest BCUT2D eigenvalue weighted by atomic mass is 9.95. The van der Waals surface area contributed by atoms with E-state index in [0.29, 0.717) is 0 Å². The van der Waals surface area contributed by atoms with Crippen molar-refractivity contribution in [2.75, 3.05) is 6.54 Å². The van der Waals surface area contributed by atoms with Gasteiger partial charge in [-0.3, -0.25) is 0 Å². The van der Waals surface area contributed by atoms with E-state index in [2.05, 4.69) is 40.5 Å². The van der Waals surface area contributed by atoms with Crippen LogP contribution in [0.25, 0.3) is 11.4 Å². The van der Waals surface area contributed by atoms with Crippen LogP contribution in [0, 0.1) is 0 Å². The zero-order valence-electron chi connectivity index (χ0n) is 9.98. The maximum absolute atomic E-state index is 4.39. The predicted octanol–water partition coefficient (Wildman–Crippen LogP) is 1.61. The van der Waals surface area contributed by atoms with E-state index in [0.717, 1.165) is 31.9 Å². The molecule has 4 heteroatoms. The third-order valence-corrected chi connectivity index (χ3v) is 3.30. The summed E-state index contributed by atoms with van der Waals surface area (Å²) in [7, 11) is 0. The van der Waals surface area contributed by atoms with Crippen molar-refractivity contribution in [3.05, 3.63) is 35.7 Å². The number of rotatable bonds is 2. The van der Waals surface area contributed by atoms with E-state index in [1.165, 1.54) is 16.7 Å². The number of aryl methyl sites for hydroxylation is 1. The van der Waals surface area contributed by atoms with Crippen molar-refractivity contribution in [2.24, 2.45) is 0 Å². The Morgan fingerprint density at radius 2 is 2.35 bits per heavy atom. The number of hydrogen-bond donors (Lipinski definition) is 1. The van der Waals surface area contributed by atoms with Crippen LogP contribution in [-0.4, -0.2) is 21.3 Å². The van der Waals surface area contributed by atoms with Gasteiger partial charge in [0.05, 0.1) is 0 Å². The largest absolute Gasteiger partial charge is 0.312 e. The molecule has 4 nitrogen and oxygen atoms in total. The predicted molar refractivity (Wildman–Crippen MR) is 66.5 cm³/mol. The molecule has 1 aliphatic heterocycles. The molecule has 2 aromatic rings. The molecule has 1 aromatic heterocycles. The van der Waals surface area contributed by atoms with E-state index in [-0.39, 0.29) is 0 Å². The minimum Gasteiger partial charge on any atom is -0.312 e. The van der Waals surface area contributed by atoms with Gasteiger partial charge in [0.1, 0.15) is 6.33 Å². The number of benzene rings is 1. The van der Waals surface area contributed by atoms with Crippen LogP contribution in [0.15, 0.2) is 24.5 Å². The molecule has 0 saturated heterocycles. The minimum absolute atomic E-state index is 0.854. The van der Waals surface area contributed by atoms with Gasteiger partial charge in [-0.1, -0.05) is 18.2 Å². The molecule has 0 spiro atoms. The van der Waals surface area contributed by atoms with E-state index in [9.17, 15) is 0 Å². The summed E-state index contributed by atoms with van der Waals surface area (Å²) < 4.78 is 1.95. The summed E-state index contributed by atoms with van der Waals surface area (Å²) in [6.45, 7) is 4.94. The van der Waals surface area contributed by atoms with Crippen LogP contribution in [0.5, 0.6) is 0 Å². The van der Waals surface area contributed by atoms with E-state index in [4.69, 9.17) is 0 Å². The highest BCUT2D eigenvalue weighted by molar-refractivity contribution is 5.63. The minimum atomic E-state index is 0.854. The lowest BCUT2D eigenvalue weighted by Crippen LogP contribution is -2.24. The van der Waals surface area contributed by atoms with Gasteiger partial charge in [0.2, 0.25) is 0 Å². The monoisotopic (exact) mass is 228 g/mol. The second kappa shape index (κ2) is 4.30. The highest BCUT2D eigenvalue weighted by atomic mass is 15.3. The lowest BCUT2D eigenvalue weighted by molar-refractivity contribution is 0.638. The molecule has 0 radical (unpaired) electrons. The molecule has 0 fully saturated rings. The topological polar surface area (TPSA) is 42.7 Å². The molecule has 17 heavy (non-hydrogen) atoms. The van der Waals surface area contributed by atoms with Gasteiger partial charge in [-0.05, 0) is 31.0 Å². The van der Waals surface area contributed by atoms with Crippen molar-refractivity contribution in [1.29, 1.82) is 0 Å². The molecule has 0 saturated carbocycles. The average molecular weight is 228 g/mol. The molecule has 0 bridgehead atoms. The van der Waals surface area contributed by atoms with E-state index < -0.39 is 0 Å². The molecular formula is C13H16N4. The normalized spacial score (nSPS) is 14.6. The molecule has 1 aromatic carbocycles. The van der Waals surface area contributed by atoms with Crippen LogP contribution < -0.4 is 5.32 Å². The Morgan fingerprint density at radius 1 is 1.41 bits per heavy atom. The molecule has 88 valence electrons. The fraction of sp³-hybridized carbons (Fsp3) is 0.385. The molecular weight excluding hydrogens is 212 g/mol. The van der Waals surface area contributed by atoms with Crippen LogP contribution in [0.4, 0.5) is 0 Å². The standard InChI is InChI=1S/C13H16N4/c1-2-17-13(15-9-16-17)11-5-3-4-10-6-7-14-8-12(10)11/h3-5,9,14H,2,6-8H2,1H3. The van der Waals surface area contributed by atoms with Gasteiger partial charge < -0.3 is 5.32 Å². The molecule has 2 heterocycles. The maximum Gasteiger partial charge on any atom is 0.158 e. The second-order valence-electron chi connectivity index (χ2n) is 4.27. The highest BCUT2D eigenvalue weighted by Crippen LogP contribution is 2.26. The Hall–Kier alpha value is -1.68. The van der Waals surface area contributed by atoms with Crippen molar-refractivity contribution in [1.82, 2.24) is 20.1 Å². The van der Waals surface area contributed by atoms with E-state index in [1.54, 1.807) is 6.33 Å². The number of hydrogen-bond acceptors (Lipinski definition) is 3. The first-order valence-electron chi connectivity index (χ1n) is 6.10. The Labute approximate surface area is 101 Å². The van der Waals surface area contributed by atoms with E-state index in [1.807, 2.05) is 4.68 Å². The molecule has 1 aliphatic rings. The highest BCUT2D eigenvalue weighted by Gasteiger charge is 2.16. The summed E-state index contributed by atoms with van der Waals surface area (Å²) in [4.78, 5) is 4.39. The van der Waals surface area contributed by atoms with Crippen molar-refractivity contribution in [2.45, 2.75) is 26.4 Å². The summed E-state index contributed by atoms with van der Waals surface area (Å²) >= 11 is 0. The van der Waals surface area contributed by atoms with Gasteiger partial charge in [0, 0.05) is 18.7 Å². The first kappa shape index (κ1) is 10.5. The molecule has 0 unspecified atom stereocenters. The van der Waals surface area contributed by atoms with Gasteiger partial charge >= 0.3 is 0 Å². The third kappa shape index (κ3) is 1.74. The summed E-state index contributed by atoms with van der Waals surface area (Å²) in [5.41, 5.74) is 4.03. The number of nitrogens with zero attached hydrogens (tertiary/aromatic N) is 3. The van der Waals surface area contributed by atoms with Crippen LogP contribution in [0.1, 0.15) is 18.1 Å². The fourth-order valence-corrected chi connectivity index (χ4v) is 2.43. The molecule has 0 amide bonds. The van der Waals surface area contributed by atoms with Crippen LogP contribution in [0.3, 0.4) is 0 Å². The second-order valence-corrected chi connectivity index (χ2v) is 4.27. The smallest absolute Gasteiger partial charge is 0.158 e. The summed E-state index contributed by atoms with van der Waals surface area (Å²) in [6.07, 6.45) is 2.73. The number of nitrogens with one attached hydrogen (secondary N) is 1. The van der Waals surface area contributed by atoms with Crippen molar-refractivity contribution in [3.8, 4) is 11.4 Å².